The minimum Gasteiger partial charge on any atom is -0.453 e. The molecule has 22 heavy (non-hydrogen) atoms. The van der Waals surface area contributed by atoms with Crippen LogP contribution in [0.15, 0.2) is 0 Å². The van der Waals surface area contributed by atoms with Crippen molar-refractivity contribution in [3.63, 3.8) is 0 Å². The molecule has 1 fully saturated rings. The van der Waals surface area contributed by atoms with Crippen LogP contribution in [0.4, 0.5) is 9.59 Å². The van der Waals surface area contributed by atoms with Gasteiger partial charge in [-0.25, -0.2) is 9.59 Å². The van der Waals surface area contributed by atoms with E-state index in [0.29, 0.717) is 19.0 Å². The Labute approximate surface area is 132 Å². The van der Waals surface area contributed by atoms with Crippen LogP contribution in [0.25, 0.3) is 0 Å². The van der Waals surface area contributed by atoms with Crippen LogP contribution >= 0.6 is 0 Å². The van der Waals surface area contributed by atoms with E-state index in [4.69, 9.17) is 4.74 Å². The summed E-state index contributed by atoms with van der Waals surface area (Å²) in [7, 11) is 1.36. The summed E-state index contributed by atoms with van der Waals surface area (Å²) in [6.45, 7) is 9.63. The van der Waals surface area contributed by atoms with Gasteiger partial charge < -0.3 is 25.0 Å². The van der Waals surface area contributed by atoms with E-state index in [-0.39, 0.29) is 6.09 Å². The van der Waals surface area contributed by atoms with Crippen LogP contribution in [0, 0.1) is 5.92 Å². The Balaban J connectivity index is 2.09. The highest BCUT2D eigenvalue weighted by molar-refractivity contribution is 5.67. The summed E-state index contributed by atoms with van der Waals surface area (Å²) in [6, 6.07) is 0. The van der Waals surface area contributed by atoms with E-state index < -0.39 is 11.7 Å². The largest absolute Gasteiger partial charge is 0.453 e. The molecule has 128 valence electrons. The maximum atomic E-state index is 11.5. The first-order chi connectivity index (χ1) is 10.3. The maximum Gasteiger partial charge on any atom is 0.407 e. The van der Waals surface area contributed by atoms with Gasteiger partial charge in [0.15, 0.2) is 0 Å². The highest BCUT2D eigenvalue weighted by Gasteiger charge is 2.22. The third kappa shape index (κ3) is 8.07. The van der Waals surface area contributed by atoms with Crippen molar-refractivity contribution in [1.29, 1.82) is 0 Å². The number of carbonyl (C=O) groups excluding carboxylic acids is 2. The molecule has 0 bridgehead atoms. The van der Waals surface area contributed by atoms with Crippen molar-refractivity contribution in [3.8, 4) is 0 Å². The zero-order valence-corrected chi connectivity index (χ0v) is 14.1. The normalized spacial score (nSPS) is 18.8. The van der Waals surface area contributed by atoms with Crippen LogP contribution in [-0.2, 0) is 9.47 Å². The quantitative estimate of drug-likeness (QED) is 0.778. The van der Waals surface area contributed by atoms with Gasteiger partial charge in [0, 0.05) is 26.2 Å². The summed E-state index contributed by atoms with van der Waals surface area (Å²) < 4.78 is 9.72. The molecule has 1 rings (SSSR count). The van der Waals surface area contributed by atoms with Crippen LogP contribution in [0.2, 0.25) is 0 Å². The van der Waals surface area contributed by atoms with Gasteiger partial charge in [-0.15, -0.1) is 0 Å². The van der Waals surface area contributed by atoms with Crippen LogP contribution < -0.4 is 10.6 Å². The fourth-order valence-electron chi connectivity index (χ4n) is 2.43. The number of ether oxygens (including phenoxy) is 2. The molecule has 1 heterocycles. The SMILES string of the molecule is COC(=O)NCCN1CCC(CCNC(=O)OC(C)(C)C)C1. The summed E-state index contributed by atoms with van der Waals surface area (Å²) in [5.41, 5.74) is -0.457. The molecule has 1 unspecified atom stereocenters. The molecule has 7 heteroatoms. The minimum atomic E-state index is -0.457. The van der Waals surface area contributed by atoms with E-state index in [2.05, 4.69) is 20.3 Å². The highest BCUT2D eigenvalue weighted by Crippen LogP contribution is 2.18. The zero-order valence-electron chi connectivity index (χ0n) is 14.1. The fourth-order valence-corrected chi connectivity index (χ4v) is 2.43. The number of hydrogen-bond acceptors (Lipinski definition) is 5. The van der Waals surface area contributed by atoms with Crippen molar-refractivity contribution in [3.05, 3.63) is 0 Å². The molecule has 1 aliphatic heterocycles. The monoisotopic (exact) mass is 315 g/mol. The van der Waals surface area contributed by atoms with Crippen LogP contribution in [0.5, 0.6) is 0 Å². The lowest BCUT2D eigenvalue weighted by molar-refractivity contribution is 0.0525. The third-order valence-electron chi connectivity index (χ3n) is 3.47. The van der Waals surface area contributed by atoms with Crippen molar-refractivity contribution in [2.24, 2.45) is 5.92 Å². The average Bonchev–Trinajstić information content (AvgIpc) is 2.84. The molecule has 2 N–H and O–H groups in total. The maximum absolute atomic E-state index is 11.5. The van der Waals surface area contributed by atoms with Gasteiger partial charge in [-0.05, 0) is 46.1 Å². The molecule has 0 spiro atoms. The van der Waals surface area contributed by atoms with Crippen molar-refractivity contribution in [2.45, 2.75) is 39.2 Å². The lowest BCUT2D eigenvalue weighted by atomic mass is 10.1. The molecule has 1 aliphatic rings. The Hall–Kier alpha value is -1.50. The predicted molar refractivity (Wildman–Crippen MR) is 83.8 cm³/mol. The van der Waals surface area contributed by atoms with Gasteiger partial charge >= 0.3 is 12.2 Å². The first kappa shape index (κ1) is 18.5. The fraction of sp³-hybridized carbons (Fsp3) is 0.867. The van der Waals surface area contributed by atoms with Gasteiger partial charge in [-0.2, -0.15) is 0 Å². The van der Waals surface area contributed by atoms with Crippen molar-refractivity contribution in [2.75, 3.05) is 39.8 Å². The molecule has 0 aromatic rings. The van der Waals surface area contributed by atoms with Crippen LogP contribution in [0.3, 0.4) is 0 Å². The van der Waals surface area contributed by atoms with Crippen molar-refractivity contribution < 1.29 is 19.1 Å². The second kappa shape index (κ2) is 8.82. The molecule has 7 nitrogen and oxygen atoms in total. The summed E-state index contributed by atoms with van der Waals surface area (Å²) >= 11 is 0. The minimum absolute atomic E-state index is 0.357. The number of rotatable bonds is 6. The number of carbonyl (C=O) groups is 2. The smallest absolute Gasteiger partial charge is 0.407 e. The summed E-state index contributed by atoms with van der Waals surface area (Å²) in [4.78, 5) is 24.8. The molecule has 0 aliphatic carbocycles. The van der Waals surface area contributed by atoms with Gasteiger partial charge in [0.25, 0.3) is 0 Å². The lowest BCUT2D eigenvalue weighted by Gasteiger charge is -2.20. The first-order valence-corrected chi connectivity index (χ1v) is 7.81. The molecular formula is C15H29N3O4. The third-order valence-corrected chi connectivity index (χ3v) is 3.47. The number of likely N-dealkylation sites (tertiary alicyclic amines) is 1. The molecule has 0 saturated carbocycles. The number of nitrogens with one attached hydrogen (secondary N) is 2. The molecule has 1 atom stereocenters. The molecule has 2 amide bonds. The van der Waals surface area contributed by atoms with E-state index >= 15 is 0 Å². The van der Waals surface area contributed by atoms with Gasteiger partial charge in [0.05, 0.1) is 7.11 Å². The lowest BCUT2D eigenvalue weighted by Crippen LogP contribution is -2.34. The topological polar surface area (TPSA) is 79.9 Å². The van der Waals surface area contributed by atoms with E-state index in [1.54, 1.807) is 0 Å². The standard InChI is InChI=1S/C15H29N3O4/c1-15(2,3)22-14(20)16-7-5-12-6-9-18(11-12)10-8-17-13(19)21-4/h12H,5-11H2,1-4H3,(H,16,20)(H,17,19). The van der Waals surface area contributed by atoms with Gasteiger partial charge in [0.1, 0.15) is 5.60 Å². The molecule has 1 saturated heterocycles. The summed E-state index contributed by atoms with van der Waals surface area (Å²) in [5.74, 6) is 0.577. The van der Waals surface area contributed by atoms with E-state index in [0.717, 1.165) is 32.5 Å². The Morgan fingerprint density at radius 1 is 1.18 bits per heavy atom. The number of methoxy groups -OCH3 is 1. The second-order valence-electron chi connectivity index (χ2n) is 6.59. The van der Waals surface area contributed by atoms with Gasteiger partial charge in [0.2, 0.25) is 0 Å². The highest BCUT2D eigenvalue weighted by atomic mass is 16.6. The number of alkyl carbamates (subject to hydrolysis) is 2. The predicted octanol–water partition coefficient (Wildman–Crippen LogP) is 1.58. The Morgan fingerprint density at radius 2 is 1.86 bits per heavy atom. The molecule has 0 radical (unpaired) electrons. The molecule has 0 aromatic heterocycles. The molecular weight excluding hydrogens is 286 g/mol. The van der Waals surface area contributed by atoms with E-state index in [9.17, 15) is 9.59 Å². The van der Waals surface area contributed by atoms with E-state index in [1.807, 2.05) is 20.8 Å². The van der Waals surface area contributed by atoms with E-state index in [1.165, 1.54) is 7.11 Å². The van der Waals surface area contributed by atoms with Crippen LogP contribution in [0.1, 0.15) is 33.6 Å². The van der Waals surface area contributed by atoms with Gasteiger partial charge in [-0.1, -0.05) is 0 Å². The summed E-state index contributed by atoms with van der Waals surface area (Å²) in [5, 5.41) is 5.47. The van der Waals surface area contributed by atoms with Gasteiger partial charge in [-0.3, -0.25) is 0 Å². The summed E-state index contributed by atoms with van der Waals surface area (Å²) in [6.07, 6.45) is 1.32. The zero-order chi connectivity index (χ0) is 16.6. The Morgan fingerprint density at radius 3 is 2.50 bits per heavy atom. The Kier molecular flexibility index (Phi) is 7.44. The molecule has 0 aromatic carbocycles. The number of hydrogen-bond donors (Lipinski definition) is 2. The average molecular weight is 315 g/mol. The van der Waals surface area contributed by atoms with Crippen LogP contribution in [-0.4, -0.2) is 62.5 Å². The first-order valence-electron chi connectivity index (χ1n) is 7.81. The van der Waals surface area contributed by atoms with Crippen molar-refractivity contribution >= 4 is 12.2 Å². The Bertz CT molecular complexity index is 368. The van der Waals surface area contributed by atoms with Crippen molar-refractivity contribution in [1.82, 2.24) is 15.5 Å². The number of amides is 2. The second-order valence-corrected chi connectivity index (χ2v) is 6.59. The number of nitrogens with zero attached hydrogens (tertiary/aromatic N) is 1.